The highest BCUT2D eigenvalue weighted by Gasteiger charge is 2.20. The molecule has 31 heavy (non-hydrogen) atoms. The number of carbonyl (C=O) groups excluding carboxylic acids is 1. The third kappa shape index (κ3) is 4.05. The van der Waals surface area contributed by atoms with E-state index in [9.17, 15) is 14.4 Å². The highest BCUT2D eigenvalue weighted by atomic mass is 16.2. The molecule has 0 N–H and O–H groups in total. The van der Waals surface area contributed by atoms with E-state index < -0.39 is 11.2 Å². The maximum absolute atomic E-state index is 13.3. The van der Waals surface area contributed by atoms with Gasteiger partial charge < -0.3 is 9.47 Å². The van der Waals surface area contributed by atoms with Crippen molar-refractivity contribution < 1.29 is 4.79 Å². The van der Waals surface area contributed by atoms with Gasteiger partial charge in [-0.15, -0.1) is 0 Å². The number of imidazole rings is 1. The van der Waals surface area contributed by atoms with Crippen LogP contribution in [0.15, 0.2) is 76.6 Å². The number of nitrogens with zero attached hydrogens (tertiary/aromatic N) is 5. The van der Waals surface area contributed by atoms with Gasteiger partial charge in [0.2, 0.25) is 5.91 Å². The van der Waals surface area contributed by atoms with Gasteiger partial charge in [0.25, 0.3) is 5.56 Å². The molecule has 0 atom stereocenters. The molecule has 2 heterocycles. The molecule has 4 aromatic rings. The van der Waals surface area contributed by atoms with E-state index in [0.717, 1.165) is 15.7 Å². The van der Waals surface area contributed by atoms with Crippen LogP contribution in [0.3, 0.4) is 0 Å². The van der Waals surface area contributed by atoms with Crippen LogP contribution < -0.4 is 11.2 Å². The molecule has 0 unspecified atom stereocenters. The van der Waals surface area contributed by atoms with Gasteiger partial charge in [0.05, 0.1) is 12.9 Å². The molecular weight excluding hydrogens is 394 g/mol. The van der Waals surface area contributed by atoms with Crippen LogP contribution in [0.2, 0.25) is 0 Å². The zero-order valence-electron chi connectivity index (χ0n) is 17.4. The van der Waals surface area contributed by atoms with Gasteiger partial charge in [0.15, 0.2) is 11.2 Å². The first kappa shape index (κ1) is 20.3. The van der Waals surface area contributed by atoms with Crippen molar-refractivity contribution in [2.75, 3.05) is 14.1 Å². The van der Waals surface area contributed by atoms with Crippen LogP contribution in [0.5, 0.6) is 0 Å². The Labute approximate surface area is 178 Å². The van der Waals surface area contributed by atoms with E-state index in [2.05, 4.69) is 4.98 Å². The largest absolute Gasteiger partial charge is 0.347 e. The minimum atomic E-state index is -0.554. The summed E-state index contributed by atoms with van der Waals surface area (Å²) < 4.78 is 4.18. The standard InChI is InChI=1S/C23H23N5O3/c1-25(2)19(29)15-28-22(30)20-21(24-16-26(20)13-17-9-5-3-6-10-17)27(23(28)31)14-18-11-7-4-8-12-18/h3-12,16H,13-15H2,1-2H3. The van der Waals surface area contributed by atoms with Crippen LogP contribution >= 0.6 is 0 Å². The fraction of sp³-hybridized carbons (Fsp3) is 0.217. The Morgan fingerprint density at radius 3 is 2.03 bits per heavy atom. The van der Waals surface area contributed by atoms with Gasteiger partial charge in [-0.05, 0) is 11.1 Å². The SMILES string of the molecule is CN(C)C(=O)Cn1c(=O)c2c(ncn2Cc2ccccc2)n(Cc2ccccc2)c1=O. The van der Waals surface area contributed by atoms with E-state index in [1.807, 2.05) is 60.7 Å². The number of likely N-dealkylation sites (N-methyl/N-ethyl adjacent to an activating group) is 1. The Kier molecular flexibility index (Phi) is 5.53. The summed E-state index contributed by atoms with van der Waals surface area (Å²) in [4.78, 5) is 44.6. The second-order valence-electron chi connectivity index (χ2n) is 7.56. The third-order valence-corrected chi connectivity index (χ3v) is 5.16. The fourth-order valence-electron chi connectivity index (χ4n) is 3.46. The number of amides is 1. The molecule has 2 aromatic heterocycles. The minimum absolute atomic E-state index is 0.245. The van der Waals surface area contributed by atoms with Crippen molar-refractivity contribution in [2.45, 2.75) is 19.6 Å². The van der Waals surface area contributed by atoms with Crippen molar-refractivity contribution in [3.8, 4) is 0 Å². The Morgan fingerprint density at radius 1 is 0.871 bits per heavy atom. The summed E-state index contributed by atoms with van der Waals surface area (Å²) in [6, 6.07) is 19.2. The molecule has 4 rings (SSSR count). The zero-order chi connectivity index (χ0) is 22.0. The lowest BCUT2D eigenvalue weighted by Gasteiger charge is -2.15. The monoisotopic (exact) mass is 417 g/mol. The van der Waals surface area contributed by atoms with Crippen molar-refractivity contribution >= 4 is 17.1 Å². The number of carbonyl (C=O) groups is 1. The lowest BCUT2D eigenvalue weighted by Crippen LogP contribution is -2.44. The van der Waals surface area contributed by atoms with E-state index >= 15 is 0 Å². The van der Waals surface area contributed by atoms with E-state index in [-0.39, 0.29) is 19.0 Å². The Morgan fingerprint density at radius 2 is 1.45 bits per heavy atom. The zero-order valence-corrected chi connectivity index (χ0v) is 17.4. The Hall–Kier alpha value is -3.94. The molecule has 0 saturated carbocycles. The molecular formula is C23H23N5O3. The van der Waals surface area contributed by atoms with Crippen LogP contribution in [0, 0.1) is 0 Å². The van der Waals surface area contributed by atoms with Gasteiger partial charge in [-0.25, -0.2) is 14.3 Å². The van der Waals surface area contributed by atoms with Gasteiger partial charge >= 0.3 is 5.69 Å². The second kappa shape index (κ2) is 8.43. The lowest BCUT2D eigenvalue weighted by atomic mass is 10.2. The van der Waals surface area contributed by atoms with Crippen molar-refractivity contribution in [3.05, 3.63) is 99.0 Å². The number of hydrogen-bond acceptors (Lipinski definition) is 4. The van der Waals surface area contributed by atoms with Crippen LogP contribution in [0.1, 0.15) is 11.1 Å². The topological polar surface area (TPSA) is 82.1 Å². The predicted molar refractivity (Wildman–Crippen MR) is 118 cm³/mol. The van der Waals surface area contributed by atoms with Crippen molar-refractivity contribution in [1.82, 2.24) is 23.6 Å². The maximum Gasteiger partial charge on any atom is 0.333 e. The van der Waals surface area contributed by atoms with Gasteiger partial charge in [0, 0.05) is 20.6 Å². The first-order chi connectivity index (χ1) is 15.0. The summed E-state index contributed by atoms with van der Waals surface area (Å²) in [5.74, 6) is -0.334. The molecule has 0 bridgehead atoms. The molecule has 158 valence electrons. The summed E-state index contributed by atoms with van der Waals surface area (Å²) in [5.41, 5.74) is 1.43. The van der Waals surface area contributed by atoms with Gasteiger partial charge in [-0.3, -0.25) is 14.2 Å². The predicted octanol–water partition coefficient (Wildman–Crippen LogP) is 1.54. The Bertz CT molecular complexity index is 1330. The second-order valence-corrected chi connectivity index (χ2v) is 7.56. The quantitative estimate of drug-likeness (QED) is 0.477. The molecule has 0 spiro atoms. The number of fused-ring (bicyclic) bond motifs is 1. The average Bonchev–Trinajstić information content (AvgIpc) is 3.19. The molecule has 0 saturated heterocycles. The van der Waals surface area contributed by atoms with E-state index in [0.29, 0.717) is 17.7 Å². The van der Waals surface area contributed by atoms with Crippen molar-refractivity contribution in [3.63, 3.8) is 0 Å². The van der Waals surface area contributed by atoms with Crippen LogP contribution in [-0.2, 0) is 24.4 Å². The van der Waals surface area contributed by atoms with Gasteiger partial charge in [-0.2, -0.15) is 0 Å². The summed E-state index contributed by atoms with van der Waals surface area (Å²) in [5, 5.41) is 0. The molecule has 8 nitrogen and oxygen atoms in total. The summed E-state index contributed by atoms with van der Waals surface area (Å²) >= 11 is 0. The highest BCUT2D eigenvalue weighted by Crippen LogP contribution is 2.12. The molecule has 1 amide bonds. The number of benzene rings is 2. The minimum Gasteiger partial charge on any atom is -0.347 e. The smallest absolute Gasteiger partial charge is 0.333 e. The fourth-order valence-corrected chi connectivity index (χ4v) is 3.46. The molecule has 8 heteroatoms. The average molecular weight is 417 g/mol. The van der Waals surface area contributed by atoms with Crippen molar-refractivity contribution in [2.24, 2.45) is 0 Å². The lowest BCUT2D eigenvalue weighted by molar-refractivity contribution is -0.129. The summed E-state index contributed by atoms with van der Waals surface area (Å²) in [7, 11) is 3.18. The molecule has 0 aliphatic heterocycles. The molecule has 0 fully saturated rings. The molecule has 0 radical (unpaired) electrons. The van der Waals surface area contributed by atoms with Gasteiger partial charge in [-0.1, -0.05) is 60.7 Å². The van der Waals surface area contributed by atoms with Crippen LogP contribution in [0.4, 0.5) is 0 Å². The number of rotatable bonds is 6. The first-order valence-corrected chi connectivity index (χ1v) is 9.92. The molecule has 2 aromatic carbocycles. The van der Waals surface area contributed by atoms with E-state index in [4.69, 9.17) is 0 Å². The summed E-state index contributed by atoms with van der Waals surface area (Å²) in [6.07, 6.45) is 1.57. The molecule has 0 aliphatic carbocycles. The third-order valence-electron chi connectivity index (χ3n) is 5.16. The van der Waals surface area contributed by atoms with Crippen LogP contribution in [-0.4, -0.2) is 43.6 Å². The Balaban J connectivity index is 1.91. The first-order valence-electron chi connectivity index (χ1n) is 9.92. The van der Waals surface area contributed by atoms with E-state index in [1.54, 1.807) is 25.0 Å². The normalized spacial score (nSPS) is 11.0. The van der Waals surface area contributed by atoms with E-state index in [1.165, 1.54) is 9.47 Å². The number of aromatic nitrogens is 4. The maximum atomic E-state index is 13.3. The van der Waals surface area contributed by atoms with Crippen LogP contribution in [0.25, 0.3) is 11.2 Å². The highest BCUT2D eigenvalue weighted by molar-refractivity contribution is 5.76. The number of hydrogen-bond donors (Lipinski definition) is 0. The van der Waals surface area contributed by atoms with Gasteiger partial charge in [0.1, 0.15) is 6.54 Å². The van der Waals surface area contributed by atoms with Crippen molar-refractivity contribution in [1.29, 1.82) is 0 Å². The molecule has 0 aliphatic rings. The summed E-state index contributed by atoms with van der Waals surface area (Å²) in [6.45, 7) is 0.346.